The van der Waals surface area contributed by atoms with Gasteiger partial charge < -0.3 is 5.11 Å². The van der Waals surface area contributed by atoms with E-state index in [1.54, 1.807) is 0 Å². The molecule has 3 fully saturated rings. The Labute approximate surface area is 91.1 Å². The van der Waals surface area contributed by atoms with Gasteiger partial charge in [0.25, 0.3) is 0 Å². The second kappa shape index (κ2) is 2.78. The third-order valence-corrected chi connectivity index (χ3v) is 5.43. The molecule has 2 bridgehead atoms. The van der Waals surface area contributed by atoms with Gasteiger partial charge in [-0.2, -0.15) is 0 Å². The molecule has 84 valence electrons. The number of fused-ring (bicyclic) bond motifs is 2. The van der Waals surface area contributed by atoms with Gasteiger partial charge >= 0.3 is 5.97 Å². The molecule has 3 saturated carbocycles. The van der Waals surface area contributed by atoms with Gasteiger partial charge in [-0.3, -0.25) is 4.79 Å². The summed E-state index contributed by atoms with van der Waals surface area (Å²) in [6, 6.07) is 0. The van der Waals surface area contributed by atoms with E-state index >= 15 is 0 Å². The lowest BCUT2D eigenvalue weighted by atomic mass is 9.82. The molecular formula is C13H20O2. The Morgan fingerprint density at radius 3 is 2.40 bits per heavy atom. The van der Waals surface area contributed by atoms with Gasteiger partial charge in [0.1, 0.15) is 0 Å². The minimum absolute atomic E-state index is 0.0538. The minimum Gasteiger partial charge on any atom is -0.481 e. The van der Waals surface area contributed by atoms with Crippen LogP contribution in [-0.2, 0) is 4.79 Å². The lowest BCUT2D eigenvalue weighted by Gasteiger charge is -2.22. The fraction of sp³-hybridized carbons (Fsp3) is 0.923. The molecule has 3 rings (SSSR count). The Bertz CT molecular complexity index is 308. The molecule has 0 heterocycles. The molecule has 0 aromatic carbocycles. The minimum atomic E-state index is -0.562. The molecule has 0 aliphatic heterocycles. The van der Waals surface area contributed by atoms with Crippen molar-refractivity contribution in [3.63, 3.8) is 0 Å². The quantitative estimate of drug-likeness (QED) is 0.757. The largest absolute Gasteiger partial charge is 0.481 e. The first-order valence-corrected chi connectivity index (χ1v) is 6.24. The molecule has 0 radical (unpaired) electrons. The van der Waals surface area contributed by atoms with E-state index in [9.17, 15) is 9.90 Å². The van der Waals surface area contributed by atoms with Gasteiger partial charge in [-0.1, -0.05) is 20.3 Å². The van der Waals surface area contributed by atoms with Crippen molar-refractivity contribution >= 4 is 5.97 Å². The van der Waals surface area contributed by atoms with Crippen LogP contribution in [0.2, 0.25) is 0 Å². The van der Waals surface area contributed by atoms with Gasteiger partial charge in [-0.05, 0) is 48.3 Å². The molecule has 5 unspecified atom stereocenters. The Hall–Kier alpha value is -0.530. The topological polar surface area (TPSA) is 37.3 Å². The Morgan fingerprint density at radius 2 is 2.00 bits per heavy atom. The second-order valence-corrected chi connectivity index (χ2v) is 6.50. The van der Waals surface area contributed by atoms with Crippen molar-refractivity contribution in [2.45, 2.75) is 39.5 Å². The van der Waals surface area contributed by atoms with Crippen LogP contribution in [-0.4, -0.2) is 11.1 Å². The summed E-state index contributed by atoms with van der Waals surface area (Å²) in [6.45, 7) is 4.28. The summed E-state index contributed by atoms with van der Waals surface area (Å²) in [5.41, 5.74) is 0.0704. The van der Waals surface area contributed by atoms with Gasteiger partial charge in [0.2, 0.25) is 0 Å². The van der Waals surface area contributed by atoms with Crippen LogP contribution in [0.5, 0.6) is 0 Å². The summed E-state index contributed by atoms with van der Waals surface area (Å²) in [5, 5.41) is 9.19. The van der Waals surface area contributed by atoms with Crippen LogP contribution in [0.3, 0.4) is 0 Å². The van der Waals surface area contributed by atoms with Crippen LogP contribution in [0.1, 0.15) is 39.5 Å². The summed E-state index contributed by atoms with van der Waals surface area (Å²) in [6.07, 6.45) is 5.49. The number of hydrogen-bond acceptors (Lipinski definition) is 1. The average molecular weight is 208 g/mol. The number of rotatable bonds is 2. The van der Waals surface area contributed by atoms with Gasteiger partial charge in [0.05, 0.1) is 5.92 Å². The summed E-state index contributed by atoms with van der Waals surface area (Å²) in [4.78, 5) is 11.2. The molecule has 2 nitrogen and oxygen atoms in total. The molecule has 0 aromatic heterocycles. The SMILES string of the molecule is CC1(C)C(C(=O)O)C1C1CC2CCC1C2. The third kappa shape index (κ3) is 1.20. The van der Waals surface area contributed by atoms with Crippen molar-refractivity contribution in [1.82, 2.24) is 0 Å². The lowest BCUT2D eigenvalue weighted by molar-refractivity contribution is -0.139. The number of hydrogen-bond donors (Lipinski definition) is 1. The summed E-state index contributed by atoms with van der Waals surface area (Å²) in [7, 11) is 0. The van der Waals surface area contributed by atoms with Gasteiger partial charge in [0, 0.05) is 0 Å². The number of carboxylic acids is 1. The Balaban J connectivity index is 1.77. The second-order valence-electron chi connectivity index (χ2n) is 6.50. The molecule has 0 spiro atoms. The van der Waals surface area contributed by atoms with E-state index in [2.05, 4.69) is 13.8 Å². The maximum Gasteiger partial charge on any atom is 0.307 e. The first-order chi connectivity index (χ1) is 7.01. The van der Waals surface area contributed by atoms with E-state index in [0.29, 0.717) is 5.92 Å². The Kier molecular flexibility index (Phi) is 1.79. The summed E-state index contributed by atoms with van der Waals surface area (Å²) >= 11 is 0. The highest BCUT2D eigenvalue weighted by Gasteiger charge is 2.67. The van der Waals surface area contributed by atoms with Crippen LogP contribution in [0.25, 0.3) is 0 Å². The van der Waals surface area contributed by atoms with Crippen LogP contribution in [0.4, 0.5) is 0 Å². The number of carbonyl (C=O) groups is 1. The highest BCUT2D eigenvalue weighted by atomic mass is 16.4. The van der Waals surface area contributed by atoms with E-state index in [1.807, 2.05) is 0 Å². The van der Waals surface area contributed by atoms with E-state index in [4.69, 9.17) is 0 Å². The average Bonchev–Trinajstić information content (AvgIpc) is 2.58. The van der Waals surface area contributed by atoms with Gasteiger partial charge in [-0.25, -0.2) is 0 Å². The zero-order chi connectivity index (χ0) is 10.8. The Morgan fingerprint density at radius 1 is 1.27 bits per heavy atom. The van der Waals surface area contributed by atoms with Crippen LogP contribution in [0, 0.1) is 35.0 Å². The molecule has 1 N–H and O–H groups in total. The highest BCUT2D eigenvalue weighted by molar-refractivity contribution is 5.75. The fourth-order valence-electron chi connectivity index (χ4n) is 4.68. The monoisotopic (exact) mass is 208 g/mol. The van der Waals surface area contributed by atoms with E-state index in [-0.39, 0.29) is 11.3 Å². The van der Waals surface area contributed by atoms with Crippen molar-refractivity contribution < 1.29 is 9.90 Å². The molecule has 0 aromatic rings. The molecule has 0 saturated heterocycles. The predicted molar refractivity (Wildman–Crippen MR) is 57.3 cm³/mol. The molecule has 3 aliphatic rings. The number of aliphatic carboxylic acids is 1. The molecule has 2 heteroatoms. The normalized spacial score (nSPS) is 50.7. The van der Waals surface area contributed by atoms with Gasteiger partial charge in [-0.15, -0.1) is 0 Å². The molecule has 5 atom stereocenters. The first-order valence-electron chi connectivity index (χ1n) is 6.24. The van der Waals surface area contributed by atoms with Crippen LogP contribution >= 0.6 is 0 Å². The molecule has 0 amide bonds. The zero-order valence-electron chi connectivity index (χ0n) is 9.57. The first kappa shape index (κ1) is 9.68. The van der Waals surface area contributed by atoms with E-state index < -0.39 is 5.97 Å². The number of carboxylic acid groups (broad SMARTS) is 1. The van der Waals surface area contributed by atoms with Crippen LogP contribution < -0.4 is 0 Å². The fourth-order valence-corrected chi connectivity index (χ4v) is 4.68. The van der Waals surface area contributed by atoms with Crippen molar-refractivity contribution in [3.8, 4) is 0 Å². The van der Waals surface area contributed by atoms with Crippen molar-refractivity contribution in [2.24, 2.45) is 35.0 Å². The van der Waals surface area contributed by atoms with Crippen LogP contribution in [0.15, 0.2) is 0 Å². The third-order valence-electron chi connectivity index (χ3n) is 5.43. The maximum absolute atomic E-state index is 11.2. The van der Waals surface area contributed by atoms with E-state index in [1.165, 1.54) is 25.7 Å². The zero-order valence-corrected chi connectivity index (χ0v) is 9.57. The summed E-state index contributed by atoms with van der Waals surface area (Å²) in [5.74, 6) is 2.40. The van der Waals surface area contributed by atoms with Crippen molar-refractivity contribution in [1.29, 1.82) is 0 Å². The molecule has 15 heavy (non-hydrogen) atoms. The van der Waals surface area contributed by atoms with Crippen molar-refractivity contribution in [3.05, 3.63) is 0 Å². The van der Waals surface area contributed by atoms with E-state index in [0.717, 1.165) is 17.8 Å². The standard InChI is InChI=1S/C13H20O2/c1-13(2)10(11(13)12(14)15)9-6-7-3-4-8(9)5-7/h7-11H,3-6H2,1-2H3,(H,14,15). The van der Waals surface area contributed by atoms with Gasteiger partial charge in [0.15, 0.2) is 0 Å². The highest BCUT2D eigenvalue weighted by Crippen LogP contribution is 2.68. The maximum atomic E-state index is 11.2. The smallest absolute Gasteiger partial charge is 0.307 e. The lowest BCUT2D eigenvalue weighted by Crippen LogP contribution is -2.16. The molecule has 3 aliphatic carbocycles. The van der Waals surface area contributed by atoms with Crippen molar-refractivity contribution in [2.75, 3.05) is 0 Å². The molecular weight excluding hydrogens is 188 g/mol. The predicted octanol–water partition coefficient (Wildman–Crippen LogP) is 2.78. The summed E-state index contributed by atoms with van der Waals surface area (Å²) < 4.78 is 0.